The van der Waals surface area contributed by atoms with Crippen LogP contribution in [0, 0.1) is 6.92 Å². The zero-order valence-corrected chi connectivity index (χ0v) is 18.9. The lowest BCUT2D eigenvalue weighted by molar-refractivity contribution is -0.149. The van der Waals surface area contributed by atoms with Crippen molar-refractivity contribution in [3.63, 3.8) is 0 Å². The van der Waals surface area contributed by atoms with Gasteiger partial charge in [-0.05, 0) is 37.1 Å². The maximum Gasteiger partial charge on any atom is 0.344 e. The Hall–Kier alpha value is -4.34. The Bertz CT molecular complexity index is 1280. The van der Waals surface area contributed by atoms with Crippen molar-refractivity contribution in [2.75, 3.05) is 30.4 Å². The number of anilines is 2. The van der Waals surface area contributed by atoms with Crippen LogP contribution in [0.1, 0.15) is 18.1 Å². The topological polar surface area (TPSA) is 137 Å². The maximum absolute atomic E-state index is 12.8. The minimum atomic E-state index is -0.809. The van der Waals surface area contributed by atoms with Crippen molar-refractivity contribution in [2.45, 2.75) is 20.4 Å². The number of likely N-dealkylation sites (N-methyl/N-ethyl adjacent to an activating group) is 1. The molecule has 10 nitrogen and oxygen atoms in total. The summed E-state index contributed by atoms with van der Waals surface area (Å²) in [6, 6.07) is 16.2. The molecule has 2 aromatic carbocycles. The molecule has 1 amide bonds. The Morgan fingerprint density at radius 2 is 1.79 bits per heavy atom. The molecule has 1 aromatic heterocycles. The summed E-state index contributed by atoms with van der Waals surface area (Å²) in [7, 11) is 0. The van der Waals surface area contributed by atoms with Gasteiger partial charge in [0, 0.05) is 6.54 Å². The van der Waals surface area contributed by atoms with Crippen LogP contribution in [0.4, 0.5) is 11.5 Å². The van der Waals surface area contributed by atoms with Crippen molar-refractivity contribution in [2.24, 2.45) is 0 Å². The number of hydrogen-bond acceptors (Lipinski definition) is 7. The molecule has 34 heavy (non-hydrogen) atoms. The number of H-pyrrole nitrogens is 1. The number of ether oxygens (including phenoxy) is 2. The molecule has 0 saturated carbocycles. The molecule has 10 heteroatoms. The highest BCUT2D eigenvalue weighted by molar-refractivity contribution is 5.97. The lowest BCUT2D eigenvalue weighted by Crippen LogP contribution is -2.42. The van der Waals surface area contributed by atoms with Crippen molar-refractivity contribution >= 4 is 23.4 Å². The smallest absolute Gasteiger partial charge is 0.344 e. The van der Waals surface area contributed by atoms with Gasteiger partial charge in [0.25, 0.3) is 11.5 Å². The average molecular weight is 466 g/mol. The fraction of sp³-hybridized carbons (Fsp3) is 0.250. The van der Waals surface area contributed by atoms with Crippen molar-refractivity contribution in [1.82, 2.24) is 9.55 Å². The van der Waals surface area contributed by atoms with Gasteiger partial charge in [0.2, 0.25) is 0 Å². The first-order chi connectivity index (χ1) is 16.3. The zero-order valence-electron chi connectivity index (χ0n) is 18.9. The van der Waals surface area contributed by atoms with Crippen molar-refractivity contribution < 1.29 is 19.1 Å². The van der Waals surface area contributed by atoms with Crippen LogP contribution in [0.5, 0.6) is 5.75 Å². The van der Waals surface area contributed by atoms with Crippen molar-refractivity contribution in [3.8, 4) is 5.75 Å². The van der Waals surface area contributed by atoms with Gasteiger partial charge < -0.3 is 20.1 Å². The quantitative estimate of drug-likeness (QED) is 0.456. The summed E-state index contributed by atoms with van der Waals surface area (Å²) in [5.74, 6) is -1.09. The Balaban J connectivity index is 1.71. The molecule has 3 rings (SSSR count). The fourth-order valence-electron chi connectivity index (χ4n) is 3.33. The van der Waals surface area contributed by atoms with Crippen molar-refractivity contribution in [1.29, 1.82) is 0 Å². The number of aryl methyl sites for hydroxylation is 1. The third-order valence-corrected chi connectivity index (χ3v) is 4.99. The molecule has 178 valence electrons. The Morgan fingerprint density at radius 1 is 1.06 bits per heavy atom. The third kappa shape index (κ3) is 5.91. The summed E-state index contributed by atoms with van der Waals surface area (Å²) in [5, 5.41) is 0. The number of carbonyl (C=O) groups excluding carboxylic acids is 2. The van der Waals surface area contributed by atoms with E-state index in [0.717, 1.165) is 16.0 Å². The van der Waals surface area contributed by atoms with E-state index in [4.69, 9.17) is 15.2 Å². The van der Waals surface area contributed by atoms with E-state index in [2.05, 4.69) is 4.98 Å². The van der Waals surface area contributed by atoms with Crippen LogP contribution in [0.3, 0.4) is 0 Å². The summed E-state index contributed by atoms with van der Waals surface area (Å²) < 4.78 is 11.5. The van der Waals surface area contributed by atoms with Gasteiger partial charge in [0.1, 0.15) is 11.6 Å². The van der Waals surface area contributed by atoms with E-state index in [1.807, 2.05) is 31.2 Å². The first-order valence-electron chi connectivity index (χ1n) is 10.6. The van der Waals surface area contributed by atoms with Gasteiger partial charge in [-0.25, -0.2) is 9.59 Å². The fourth-order valence-corrected chi connectivity index (χ4v) is 3.33. The van der Waals surface area contributed by atoms with Crippen LogP contribution < -0.4 is 26.6 Å². The highest BCUT2D eigenvalue weighted by atomic mass is 16.6. The van der Waals surface area contributed by atoms with Crippen LogP contribution in [-0.2, 0) is 20.9 Å². The second-order valence-electron chi connectivity index (χ2n) is 7.47. The number of carbonyl (C=O) groups is 2. The standard InChI is InChI=1S/C24H26N4O6/c1-3-27(19(29)14-34-20(30)15-33-18-11-7-8-16(2)12-18)21-22(25)28(24(32)26-23(21)31)13-17-9-5-4-6-10-17/h4-12H,3,13-15,25H2,1-2H3,(H,26,31,32). The SMILES string of the molecule is CCN(C(=O)COC(=O)COc1cccc(C)c1)c1c(N)n(Cc2ccccc2)c(=O)[nH]c1=O. The van der Waals surface area contributed by atoms with Crippen LogP contribution >= 0.6 is 0 Å². The zero-order chi connectivity index (χ0) is 24.7. The third-order valence-electron chi connectivity index (χ3n) is 4.99. The summed E-state index contributed by atoms with van der Waals surface area (Å²) >= 11 is 0. The van der Waals surface area contributed by atoms with Crippen LogP contribution in [0.2, 0.25) is 0 Å². The summed E-state index contributed by atoms with van der Waals surface area (Å²) in [6.07, 6.45) is 0. The lowest BCUT2D eigenvalue weighted by atomic mass is 10.2. The second-order valence-corrected chi connectivity index (χ2v) is 7.47. The molecule has 0 radical (unpaired) electrons. The number of esters is 1. The molecule has 0 unspecified atom stereocenters. The van der Waals surface area contributed by atoms with Gasteiger partial charge in [-0.15, -0.1) is 0 Å². The van der Waals surface area contributed by atoms with Gasteiger partial charge in [0.05, 0.1) is 6.54 Å². The molecule has 0 fully saturated rings. The number of aromatic amines is 1. The van der Waals surface area contributed by atoms with Crippen LogP contribution in [0.15, 0.2) is 64.2 Å². The predicted octanol–water partition coefficient (Wildman–Crippen LogP) is 1.45. The van der Waals surface area contributed by atoms with Gasteiger partial charge >= 0.3 is 11.7 Å². The van der Waals surface area contributed by atoms with Gasteiger partial charge in [-0.3, -0.25) is 19.1 Å². The Kier molecular flexibility index (Phi) is 7.86. The van der Waals surface area contributed by atoms with E-state index in [0.29, 0.717) is 5.75 Å². The van der Waals surface area contributed by atoms with E-state index >= 15 is 0 Å². The second kappa shape index (κ2) is 11.0. The minimum Gasteiger partial charge on any atom is -0.482 e. The largest absolute Gasteiger partial charge is 0.482 e. The molecule has 0 bridgehead atoms. The first kappa shape index (κ1) is 24.3. The van der Waals surface area contributed by atoms with Crippen LogP contribution in [0.25, 0.3) is 0 Å². The van der Waals surface area contributed by atoms with E-state index in [1.165, 1.54) is 4.57 Å². The molecular weight excluding hydrogens is 440 g/mol. The van der Waals surface area contributed by atoms with Gasteiger partial charge in [-0.1, -0.05) is 42.5 Å². The maximum atomic E-state index is 12.8. The monoisotopic (exact) mass is 466 g/mol. The number of nitrogens with two attached hydrogens (primary N) is 1. The lowest BCUT2D eigenvalue weighted by Gasteiger charge is -2.23. The predicted molar refractivity (Wildman–Crippen MR) is 127 cm³/mol. The molecule has 0 saturated heterocycles. The first-order valence-corrected chi connectivity index (χ1v) is 10.6. The number of rotatable bonds is 9. The number of nitrogen functional groups attached to an aromatic ring is 1. The highest BCUT2D eigenvalue weighted by Crippen LogP contribution is 2.18. The molecule has 0 spiro atoms. The molecule has 0 aliphatic carbocycles. The molecule has 0 aliphatic rings. The van der Waals surface area contributed by atoms with E-state index in [1.54, 1.807) is 37.3 Å². The van der Waals surface area contributed by atoms with E-state index in [9.17, 15) is 19.2 Å². The molecule has 1 heterocycles. The number of nitrogens with one attached hydrogen (secondary N) is 1. The number of aromatic nitrogens is 2. The number of amides is 1. The molecule has 3 N–H and O–H groups in total. The number of nitrogens with zero attached hydrogens (tertiary/aromatic N) is 2. The van der Waals surface area contributed by atoms with E-state index in [-0.39, 0.29) is 31.2 Å². The van der Waals surface area contributed by atoms with Gasteiger partial charge in [-0.2, -0.15) is 0 Å². The van der Waals surface area contributed by atoms with Gasteiger partial charge in [0.15, 0.2) is 18.9 Å². The number of hydrogen-bond donors (Lipinski definition) is 2. The Labute approximate surface area is 195 Å². The van der Waals surface area contributed by atoms with E-state index < -0.39 is 29.7 Å². The summed E-state index contributed by atoms with van der Waals surface area (Å²) in [6.45, 7) is 2.68. The molecule has 0 atom stereocenters. The van der Waals surface area contributed by atoms with Crippen LogP contribution in [-0.4, -0.2) is 41.2 Å². The Morgan fingerprint density at radius 3 is 2.47 bits per heavy atom. The normalized spacial score (nSPS) is 10.5. The number of benzene rings is 2. The molecule has 0 aliphatic heterocycles. The molecular formula is C24H26N4O6. The highest BCUT2D eigenvalue weighted by Gasteiger charge is 2.24. The summed E-state index contributed by atoms with van der Waals surface area (Å²) in [5.41, 5.74) is 6.21. The van der Waals surface area contributed by atoms with Crippen molar-refractivity contribution in [3.05, 3.63) is 86.6 Å². The average Bonchev–Trinajstić information content (AvgIpc) is 2.82. The molecule has 3 aromatic rings. The summed E-state index contributed by atoms with van der Waals surface area (Å²) in [4.78, 5) is 53.0. The minimum absolute atomic E-state index is 0.0625.